The number of hydrogen-bond acceptors (Lipinski definition) is 7. The monoisotopic (exact) mass is 309 g/mol. The Bertz CT molecular complexity index is 594. The second-order valence-corrected chi connectivity index (χ2v) is 6.69. The van der Waals surface area contributed by atoms with Gasteiger partial charge < -0.3 is 5.32 Å². The van der Waals surface area contributed by atoms with E-state index in [2.05, 4.69) is 45.4 Å². The summed E-state index contributed by atoms with van der Waals surface area (Å²) in [7, 11) is 1.88. The predicted octanol–water partition coefficient (Wildman–Crippen LogP) is 3.52. The Morgan fingerprint density at radius 1 is 1.25 bits per heavy atom. The second kappa shape index (κ2) is 6.49. The number of aryl methyl sites for hydroxylation is 1. The lowest BCUT2D eigenvalue weighted by molar-refractivity contribution is 0.749. The van der Waals surface area contributed by atoms with Gasteiger partial charge in [0.05, 0.1) is 0 Å². The summed E-state index contributed by atoms with van der Waals surface area (Å²) in [6.07, 6.45) is 0.860. The molecule has 2 rings (SSSR count). The van der Waals surface area contributed by atoms with E-state index in [1.807, 2.05) is 14.0 Å². The fraction of sp³-hybridized carbons (Fsp3) is 0.538. The number of anilines is 1. The van der Waals surface area contributed by atoms with E-state index in [1.165, 1.54) is 11.5 Å². The van der Waals surface area contributed by atoms with Crippen molar-refractivity contribution < 1.29 is 0 Å². The van der Waals surface area contributed by atoms with Gasteiger partial charge >= 0.3 is 0 Å². The second-order valence-electron chi connectivity index (χ2n) is 4.70. The molecule has 108 valence electrons. The zero-order valence-corrected chi connectivity index (χ0v) is 14.0. The van der Waals surface area contributed by atoms with Gasteiger partial charge in [0.2, 0.25) is 0 Å². The maximum Gasteiger partial charge on any atom is 0.176 e. The molecule has 2 aromatic rings. The molecule has 20 heavy (non-hydrogen) atoms. The molecule has 0 spiro atoms. The Hall–Kier alpha value is -1.21. The van der Waals surface area contributed by atoms with Gasteiger partial charge in [-0.05, 0) is 30.2 Å². The van der Waals surface area contributed by atoms with Crippen molar-refractivity contribution in [2.45, 2.75) is 49.4 Å². The minimum Gasteiger partial charge on any atom is -0.373 e. The van der Waals surface area contributed by atoms with Gasteiger partial charge in [0.15, 0.2) is 4.34 Å². The lowest BCUT2D eigenvalue weighted by atomic mass is 10.2. The average Bonchev–Trinajstić information content (AvgIpc) is 2.88. The van der Waals surface area contributed by atoms with Gasteiger partial charge in [0.25, 0.3) is 0 Å². The number of aromatic nitrogens is 4. The predicted molar refractivity (Wildman–Crippen MR) is 83.8 cm³/mol. The Balaban J connectivity index is 2.36. The summed E-state index contributed by atoms with van der Waals surface area (Å²) in [6, 6.07) is 0. The molecule has 0 saturated heterocycles. The molecule has 0 radical (unpaired) electrons. The van der Waals surface area contributed by atoms with Crippen LogP contribution in [0.1, 0.15) is 43.9 Å². The Morgan fingerprint density at radius 2 is 2.00 bits per heavy atom. The summed E-state index contributed by atoms with van der Waals surface area (Å²) in [6.45, 7) is 8.28. The molecule has 1 N–H and O–H groups in total. The highest BCUT2D eigenvalue weighted by Crippen LogP contribution is 2.33. The molecule has 0 fully saturated rings. The molecule has 0 amide bonds. The van der Waals surface area contributed by atoms with Gasteiger partial charge in [-0.3, -0.25) is 0 Å². The summed E-state index contributed by atoms with van der Waals surface area (Å²) in [5.74, 6) is 2.92. The molecule has 0 aliphatic carbocycles. The molecule has 0 bridgehead atoms. The smallest absolute Gasteiger partial charge is 0.176 e. The minimum absolute atomic E-state index is 0.294. The SMILES string of the molecule is CCc1nsc(Sc2nc(C(C)C)nc(NC)c2C)n1. The van der Waals surface area contributed by atoms with Crippen molar-refractivity contribution in [3.05, 3.63) is 17.2 Å². The van der Waals surface area contributed by atoms with Crippen LogP contribution in [0.3, 0.4) is 0 Å². The van der Waals surface area contributed by atoms with E-state index in [1.54, 1.807) is 11.8 Å². The van der Waals surface area contributed by atoms with Crippen LogP contribution < -0.4 is 5.32 Å². The largest absolute Gasteiger partial charge is 0.373 e. The van der Waals surface area contributed by atoms with E-state index < -0.39 is 0 Å². The summed E-state index contributed by atoms with van der Waals surface area (Å²) < 4.78 is 5.24. The molecule has 5 nitrogen and oxygen atoms in total. The maximum atomic E-state index is 4.66. The lowest BCUT2D eigenvalue weighted by Crippen LogP contribution is -2.06. The summed E-state index contributed by atoms with van der Waals surface area (Å²) in [5.41, 5.74) is 1.05. The normalized spacial score (nSPS) is 11.1. The minimum atomic E-state index is 0.294. The first-order chi connectivity index (χ1) is 9.55. The van der Waals surface area contributed by atoms with Crippen LogP contribution in [0, 0.1) is 6.92 Å². The van der Waals surface area contributed by atoms with Crippen LogP contribution in [0.4, 0.5) is 5.82 Å². The number of rotatable bonds is 5. The molecule has 7 heteroatoms. The Kier molecular flexibility index (Phi) is 4.93. The molecule has 0 atom stereocenters. The number of nitrogens with zero attached hydrogens (tertiary/aromatic N) is 4. The third kappa shape index (κ3) is 3.27. The highest BCUT2D eigenvalue weighted by atomic mass is 32.2. The van der Waals surface area contributed by atoms with Crippen LogP contribution >= 0.6 is 23.3 Å². The van der Waals surface area contributed by atoms with Crippen molar-refractivity contribution in [2.75, 3.05) is 12.4 Å². The van der Waals surface area contributed by atoms with Gasteiger partial charge in [0, 0.05) is 24.9 Å². The zero-order chi connectivity index (χ0) is 14.7. The first-order valence-corrected chi connectivity index (χ1v) is 8.20. The molecule has 2 aromatic heterocycles. The van der Waals surface area contributed by atoms with Crippen molar-refractivity contribution in [3.63, 3.8) is 0 Å². The van der Waals surface area contributed by atoms with Gasteiger partial charge in [-0.25, -0.2) is 15.0 Å². The highest BCUT2D eigenvalue weighted by molar-refractivity contribution is 8.00. The van der Waals surface area contributed by atoms with E-state index >= 15 is 0 Å². The Labute approximate surface area is 127 Å². The van der Waals surface area contributed by atoms with E-state index in [-0.39, 0.29) is 0 Å². The highest BCUT2D eigenvalue weighted by Gasteiger charge is 2.15. The quantitative estimate of drug-likeness (QED) is 0.853. The molecular formula is C13H19N5S2. The van der Waals surface area contributed by atoms with Crippen LogP contribution in [0.2, 0.25) is 0 Å². The van der Waals surface area contributed by atoms with Crippen molar-refractivity contribution in [2.24, 2.45) is 0 Å². The zero-order valence-electron chi connectivity index (χ0n) is 12.4. The van der Waals surface area contributed by atoms with Gasteiger partial charge in [0.1, 0.15) is 22.5 Å². The number of nitrogens with one attached hydrogen (secondary N) is 1. The van der Waals surface area contributed by atoms with E-state index in [9.17, 15) is 0 Å². The molecule has 0 unspecified atom stereocenters. The van der Waals surface area contributed by atoms with Gasteiger partial charge in [-0.15, -0.1) is 0 Å². The average molecular weight is 309 g/mol. The van der Waals surface area contributed by atoms with Gasteiger partial charge in [-0.1, -0.05) is 20.8 Å². The molecular weight excluding hydrogens is 290 g/mol. The summed E-state index contributed by atoms with van der Waals surface area (Å²) in [4.78, 5) is 13.7. The first kappa shape index (κ1) is 15.2. The molecule has 0 aliphatic rings. The molecule has 0 aromatic carbocycles. The van der Waals surface area contributed by atoms with Crippen molar-refractivity contribution in [1.82, 2.24) is 19.3 Å². The summed E-state index contributed by atoms with van der Waals surface area (Å²) >= 11 is 2.99. The first-order valence-electron chi connectivity index (χ1n) is 6.61. The molecule has 0 saturated carbocycles. The third-order valence-corrected chi connectivity index (χ3v) is 4.70. The van der Waals surface area contributed by atoms with Crippen molar-refractivity contribution >= 4 is 29.1 Å². The molecule has 0 aliphatic heterocycles. The topological polar surface area (TPSA) is 63.6 Å². The van der Waals surface area contributed by atoms with E-state index in [0.717, 1.165) is 38.8 Å². The van der Waals surface area contributed by atoms with Crippen molar-refractivity contribution in [3.8, 4) is 0 Å². The third-order valence-electron chi connectivity index (χ3n) is 2.82. The Morgan fingerprint density at radius 3 is 2.55 bits per heavy atom. The molecule has 2 heterocycles. The summed E-state index contributed by atoms with van der Waals surface area (Å²) in [5, 5.41) is 4.09. The maximum absolute atomic E-state index is 4.66. The lowest BCUT2D eigenvalue weighted by Gasteiger charge is -2.12. The van der Waals surface area contributed by atoms with Crippen LogP contribution in [0.5, 0.6) is 0 Å². The standard InChI is InChI=1S/C13H19N5S2/c1-6-9-15-13(20-18-9)19-12-8(4)11(14-5)16-10(17-12)7(2)3/h7H,6H2,1-5H3,(H,14,16,17). The fourth-order valence-corrected chi connectivity index (χ4v) is 3.32. The van der Waals surface area contributed by atoms with Crippen LogP contribution in [-0.4, -0.2) is 26.4 Å². The fourth-order valence-electron chi connectivity index (χ4n) is 1.62. The van der Waals surface area contributed by atoms with E-state index in [0.29, 0.717) is 5.92 Å². The number of hydrogen-bond donors (Lipinski definition) is 1. The van der Waals surface area contributed by atoms with Crippen LogP contribution in [-0.2, 0) is 6.42 Å². The van der Waals surface area contributed by atoms with Crippen LogP contribution in [0.25, 0.3) is 0 Å². The van der Waals surface area contributed by atoms with Crippen molar-refractivity contribution in [1.29, 1.82) is 0 Å². The van der Waals surface area contributed by atoms with Crippen LogP contribution in [0.15, 0.2) is 9.37 Å². The van der Waals surface area contributed by atoms with E-state index in [4.69, 9.17) is 0 Å². The van der Waals surface area contributed by atoms with Gasteiger partial charge in [-0.2, -0.15) is 4.37 Å².